The third kappa shape index (κ3) is 8.33. The summed E-state index contributed by atoms with van der Waals surface area (Å²) in [5.74, 6) is 3.85. The number of methoxy groups -OCH3 is 1. The van der Waals surface area contributed by atoms with Gasteiger partial charge in [0.1, 0.15) is 63.4 Å². The summed E-state index contributed by atoms with van der Waals surface area (Å²) in [7, 11) is 1.39. The summed E-state index contributed by atoms with van der Waals surface area (Å²) in [6, 6.07) is 16.0. The van der Waals surface area contributed by atoms with Crippen molar-refractivity contribution < 1.29 is 36.9 Å². The number of aryl methyl sites for hydroxylation is 2. The van der Waals surface area contributed by atoms with Crippen LogP contribution in [0.2, 0.25) is 5.02 Å². The zero-order chi connectivity index (χ0) is 38.2. The molecule has 12 nitrogen and oxygen atoms in total. The highest BCUT2D eigenvalue weighted by Gasteiger charge is 2.41. The molecule has 3 atom stereocenters. The first kappa shape index (κ1) is 37.7. The van der Waals surface area contributed by atoms with Crippen molar-refractivity contribution in [3.05, 3.63) is 88.7 Å². The molecule has 290 valence electrons. The van der Waals surface area contributed by atoms with Crippen molar-refractivity contribution >= 4 is 57.4 Å². The van der Waals surface area contributed by atoms with Crippen LogP contribution < -0.4 is 24.6 Å². The maximum Gasteiger partial charge on any atom is 0.409 e. The van der Waals surface area contributed by atoms with Crippen LogP contribution in [0.5, 0.6) is 11.5 Å². The summed E-state index contributed by atoms with van der Waals surface area (Å²) in [5.41, 5.74) is 2.73. The van der Waals surface area contributed by atoms with E-state index in [1.54, 1.807) is 29.2 Å². The molecule has 0 radical (unpaired) electrons. The minimum Gasteiger partial charge on any atom is -0.487 e. The van der Waals surface area contributed by atoms with E-state index in [9.17, 15) is 22.7 Å². The number of rotatable bonds is 8. The molecule has 5 aliphatic rings. The maximum absolute atomic E-state index is 13.1. The van der Waals surface area contributed by atoms with Crippen LogP contribution in [0.1, 0.15) is 17.8 Å². The summed E-state index contributed by atoms with van der Waals surface area (Å²) in [5, 5.41) is 4.14. The quantitative estimate of drug-likeness (QED) is 0.184. The zero-order valence-electron chi connectivity index (χ0n) is 30.0. The fourth-order valence-electron chi connectivity index (χ4n) is 7.19. The summed E-state index contributed by atoms with van der Waals surface area (Å²) in [6.45, 7) is 4.01. The minimum atomic E-state index is -0.823. The van der Waals surface area contributed by atoms with Crippen LogP contribution in [0.3, 0.4) is 0 Å². The lowest BCUT2D eigenvalue weighted by atomic mass is 10.1. The molecule has 5 aliphatic heterocycles. The first-order valence-electron chi connectivity index (χ1n) is 18.1. The molecule has 2 aromatic carbocycles. The lowest BCUT2D eigenvalue weighted by Gasteiger charge is -2.40. The van der Waals surface area contributed by atoms with Gasteiger partial charge in [0.05, 0.1) is 39.0 Å². The number of hydrogen-bond donors (Lipinski definition) is 3. The zero-order valence-corrected chi connectivity index (χ0v) is 32.4. The van der Waals surface area contributed by atoms with E-state index in [0.29, 0.717) is 67.3 Å². The van der Waals surface area contributed by atoms with Crippen molar-refractivity contribution in [1.82, 2.24) is 14.9 Å². The molecule has 3 saturated heterocycles. The van der Waals surface area contributed by atoms with Gasteiger partial charge < -0.3 is 34.2 Å². The van der Waals surface area contributed by atoms with E-state index in [2.05, 4.69) is 20.1 Å². The Morgan fingerprint density at radius 2 is 1.31 bits per heavy atom. The van der Waals surface area contributed by atoms with E-state index in [1.807, 2.05) is 12.1 Å². The lowest BCUT2D eigenvalue weighted by molar-refractivity contribution is 0.132. The molecule has 3 fully saturated rings. The summed E-state index contributed by atoms with van der Waals surface area (Å²) in [6.07, 6.45) is 2.10. The van der Waals surface area contributed by atoms with Crippen LogP contribution in [0, 0.1) is 11.6 Å². The SMILES string of the molecule is COC(=O)N1CC[C@H](Nc2cc(N3CC(Oc4ccc(F)cc4)C3)nc3c2[S+](O)CC3)C1.O[S+]1CCc2nc(N3CC(Oc4ccc(F)cc4)C3)cc(Cl)c21. The van der Waals surface area contributed by atoms with Gasteiger partial charge in [0.2, 0.25) is 9.79 Å². The first-order chi connectivity index (χ1) is 26.6. The maximum atomic E-state index is 13.1. The molecule has 0 spiro atoms. The molecule has 9 rings (SSSR count). The second kappa shape index (κ2) is 16.1. The van der Waals surface area contributed by atoms with E-state index >= 15 is 0 Å². The minimum absolute atomic E-state index is 0.0165. The van der Waals surface area contributed by atoms with Crippen LogP contribution in [0.25, 0.3) is 0 Å². The lowest BCUT2D eigenvalue weighted by Crippen LogP contribution is -2.54. The summed E-state index contributed by atoms with van der Waals surface area (Å²) < 4.78 is 63.0. The number of amides is 1. The van der Waals surface area contributed by atoms with E-state index in [1.165, 1.54) is 31.4 Å². The second-order valence-electron chi connectivity index (χ2n) is 13.9. The molecule has 4 aromatic rings. The van der Waals surface area contributed by atoms with Gasteiger partial charge >= 0.3 is 6.09 Å². The Balaban J connectivity index is 0.000000164. The highest BCUT2D eigenvalue weighted by Crippen LogP contribution is 2.38. The van der Waals surface area contributed by atoms with E-state index in [-0.39, 0.29) is 36.0 Å². The van der Waals surface area contributed by atoms with E-state index < -0.39 is 22.4 Å². The summed E-state index contributed by atoms with van der Waals surface area (Å²) >= 11 is 4.70. The number of fused-ring (bicyclic) bond motifs is 2. The Kier molecular flexibility index (Phi) is 11.0. The summed E-state index contributed by atoms with van der Waals surface area (Å²) in [4.78, 5) is 28.9. The third-order valence-electron chi connectivity index (χ3n) is 10.1. The van der Waals surface area contributed by atoms with Gasteiger partial charge in [0, 0.05) is 44.1 Å². The number of halogens is 3. The average Bonchev–Trinajstić information content (AvgIpc) is 3.88. The largest absolute Gasteiger partial charge is 0.487 e. The Morgan fingerprint density at radius 3 is 1.85 bits per heavy atom. The Labute approximate surface area is 328 Å². The average molecular weight is 815 g/mol. The number of aromatic nitrogens is 2. The molecule has 3 N–H and O–H groups in total. The number of benzene rings is 2. The normalized spacial score (nSPS) is 21.6. The highest BCUT2D eigenvalue weighted by atomic mass is 35.5. The molecule has 2 unspecified atom stereocenters. The van der Waals surface area contributed by atoms with Gasteiger partial charge in [0.25, 0.3) is 0 Å². The van der Waals surface area contributed by atoms with Gasteiger partial charge in [-0.25, -0.2) is 23.5 Å². The smallest absolute Gasteiger partial charge is 0.409 e. The molecule has 1 amide bonds. The monoisotopic (exact) mass is 814 g/mol. The van der Waals surface area contributed by atoms with Gasteiger partial charge in [-0.15, -0.1) is 0 Å². The predicted molar refractivity (Wildman–Crippen MR) is 209 cm³/mol. The van der Waals surface area contributed by atoms with Crippen LogP contribution in [0.15, 0.2) is 70.5 Å². The van der Waals surface area contributed by atoms with Crippen molar-refractivity contribution in [2.45, 2.75) is 47.3 Å². The number of carbonyl (C=O) groups excluding carboxylic acids is 1. The van der Waals surface area contributed by atoms with Crippen molar-refractivity contribution in [2.75, 3.05) is 73.0 Å². The molecular weight excluding hydrogens is 774 g/mol. The van der Waals surface area contributed by atoms with Crippen LogP contribution in [-0.2, 0) is 39.9 Å². The Bertz CT molecular complexity index is 2030. The molecule has 0 aliphatic carbocycles. The van der Waals surface area contributed by atoms with Crippen LogP contribution in [-0.4, -0.2) is 106 Å². The van der Waals surface area contributed by atoms with Gasteiger partial charge in [0.15, 0.2) is 33.9 Å². The van der Waals surface area contributed by atoms with Gasteiger partial charge in [-0.1, -0.05) is 11.6 Å². The second-order valence-corrected chi connectivity index (χ2v) is 17.4. The van der Waals surface area contributed by atoms with Gasteiger partial charge in [-0.3, -0.25) is 0 Å². The number of pyridine rings is 2. The number of likely N-dealkylation sites (tertiary alicyclic amines) is 1. The number of ether oxygens (including phenoxy) is 3. The number of nitrogens with one attached hydrogen (secondary N) is 1. The standard InChI is InChI=1S/C22H26FN4O4S.C16H15ClFN2O2S/c1-30-22(28)26-8-6-15(11-26)24-19-10-20(25-18-7-9-32(29)21(18)19)27-12-17(13-27)31-16-4-2-14(23)3-5-16;17-13-7-15(19-14-5-6-23(21)16(13)14)20-8-12(9-20)22-11-3-1-10(18)2-4-11/h2-5,10,15,17,29H,6-9,11-13H2,1H3,(H,24,25);1-4,7,12,21H,5-6,8-9H2/q2*+1/t15-,32?;/m0./s1. The van der Waals surface area contributed by atoms with Crippen molar-refractivity contribution in [2.24, 2.45) is 0 Å². The number of nitrogens with zero attached hydrogens (tertiary/aromatic N) is 5. The molecule has 0 saturated carbocycles. The Hall–Kier alpha value is -4.22. The van der Waals surface area contributed by atoms with Crippen LogP contribution in [0.4, 0.5) is 30.9 Å². The fraction of sp³-hybridized carbons (Fsp3) is 0.395. The van der Waals surface area contributed by atoms with Crippen molar-refractivity contribution in [1.29, 1.82) is 0 Å². The molecule has 55 heavy (non-hydrogen) atoms. The first-order valence-corrected chi connectivity index (χ1v) is 21.1. The van der Waals surface area contributed by atoms with Crippen LogP contribution >= 0.6 is 11.6 Å². The molecule has 7 heterocycles. The molecule has 17 heteroatoms. The molecular formula is C38H41ClF2N6O6S2+2. The number of carbonyl (C=O) groups is 1. The number of hydrogen-bond acceptors (Lipinski definition) is 11. The van der Waals surface area contributed by atoms with Gasteiger partial charge in [-0.05, 0) is 55.0 Å². The highest BCUT2D eigenvalue weighted by molar-refractivity contribution is 7.92. The number of anilines is 3. The molecule has 0 bridgehead atoms. The topological polar surface area (TPSA) is 133 Å². The van der Waals surface area contributed by atoms with Crippen molar-refractivity contribution in [3.8, 4) is 11.5 Å². The molecule has 2 aromatic heterocycles. The Morgan fingerprint density at radius 1 is 0.800 bits per heavy atom. The van der Waals surface area contributed by atoms with Gasteiger partial charge in [-0.2, -0.15) is 9.11 Å². The van der Waals surface area contributed by atoms with E-state index in [0.717, 1.165) is 57.8 Å². The van der Waals surface area contributed by atoms with Crippen molar-refractivity contribution in [3.63, 3.8) is 0 Å². The predicted octanol–water partition coefficient (Wildman–Crippen LogP) is 5.90. The van der Waals surface area contributed by atoms with E-state index in [4.69, 9.17) is 30.8 Å². The fourth-order valence-corrected chi connectivity index (χ4v) is 10.3. The third-order valence-corrected chi connectivity index (χ3v) is 13.6.